The van der Waals surface area contributed by atoms with Crippen LogP contribution in [-0.4, -0.2) is 46.7 Å². The number of aliphatic carboxylic acids is 1. The minimum absolute atomic E-state index is 0.0426. The third-order valence-electron chi connectivity index (χ3n) is 14.9. The van der Waals surface area contributed by atoms with E-state index in [0.29, 0.717) is 18.8 Å². The number of hydrogen-bond acceptors (Lipinski definition) is 5. The quantitative estimate of drug-likeness (QED) is 0.313. The Kier molecular flexibility index (Phi) is 7.18. The second-order valence-electron chi connectivity index (χ2n) is 16.5. The first-order valence-electron chi connectivity index (χ1n) is 16.6. The Morgan fingerprint density at radius 2 is 1.60 bits per heavy atom. The number of rotatable bonds is 4. The normalized spacial score (nSPS) is 48.5. The minimum atomic E-state index is -0.835. The summed E-state index contributed by atoms with van der Waals surface area (Å²) in [5.41, 5.74) is -0.0849. The molecule has 4 saturated carbocycles. The van der Waals surface area contributed by atoms with E-state index in [2.05, 4.69) is 54.5 Å². The van der Waals surface area contributed by atoms with Crippen LogP contribution in [0.2, 0.25) is 0 Å². The number of aromatic hydroxyl groups is 1. The Bertz CT molecular complexity index is 1290. The van der Waals surface area contributed by atoms with Gasteiger partial charge in [-0.3, -0.25) is 4.79 Å². The van der Waals surface area contributed by atoms with Crippen molar-refractivity contribution in [1.82, 2.24) is 0 Å². The van der Waals surface area contributed by atoms with Crippen LogP contribution < -0.4 is 4.74 Å². The van der Waals surface area contributed by atoms with E-state index in [4.69, 9.17) is 9.47 Å². The van der Waals surface area contributed by atoms with Crippen LogP contribution in [0.25, 0.3) is 0 Å². The van der Waals surface area contributed by atoms with Crippen LogP contribution in [0.15, 0.2) is 35.9 Å². The van der Waals surface area contributed by atoms with Gasteiger partial charge in [-0.25, -0.2) is 0 Å². The zero-order valence-corrected chi connectivity index (χ0v) is 27.5. The molecule has 12 unspecified atom stereocenters. The fourth-order valence-electron chi connectivity index (χ4n) is 12.4. The van der Waals surface area contributed by atoms with Crippen LogP contribution in [0.3, 0.4) is 0 Å². The number of methoxy groups -OCH3 is 1. The number of phenolic OH excluding ortho intramolecular Hbond substituents is 1. The van der Waals surface area contributed by atoms with Gasteiger partial charge in [0.05, 0.1) is 17.6 Å². The monoisotopic (exact) mass is 594 g/mol. The second-order valence-corrected chi connectivity index (χ2v) is 16.5. The van der Waals surface area contributed by atoms with E-state index < -0.39 is 17.5 Å². The average Bonchev–Trinajstić information content (AvgIpc) is 2.94. The van der Waals surface area contributed by atoms with Gasteiger partial charge >= 0.3 is 5.97 Å². The summed E-state index contributed by atoms with van der Waals surface area (Å²) < 4.78 is 13.0. The number of phenols is 1. The molecule has 0 radical (unpaired) electrons. The summed E-state index contributed by atoms with van der Waals surface area (Å²) in [6.45, 7) is 16.4. The second kappa shape index (κ2) is 9.97. The number of carboxylic acids is 1. The van der Waals surface area contributed by atoms with E-state index in [1.165, 1.54) is 5.57 Å². The largest absolute Gasteiger partial charge is 0.508 e. The van der Waals surface area contributed by atoms with Crippen molar-refractivity contribution in [1.29, 1.82) is 0 Å². The lowest BCUT2D eigenvalue weighted by Crippen LogP contribution is -2.75. The van der Waals surface area contributed by atoms with Crippen LogP contribution >= 0.6 is 0 Å². The number of carbonyl (C=O) groups is 1. The minimum Gasteiger partial charge on any atom is -0.508 e. The Balaban J connectivity index is 1.40. The van der Waals surface area contributed by atoms with E-state index in [9.17, 15) is 20.1 Å². The highest BCUT2D eigenvalue weighted by atomic mass is 16.5. The smallest absolute Gasteiger partial charge is 0.310 e. The molecular weight excluding hydrogens is 540 g/mol. The fraction of sp³-hybridized carbons (Fsp3) is 0.757. The third kappa shape index (κ3) is 4.00. The van der Waals surface area contributed by atoms with Gasteiger partial charge in [0.15, 0.2) is 0 Å². The zero-order chi connectivity index (χ0) is 31.3. The Morgan fingerprint density at radius 3 is 2.23 bits per heavy atom. The summed E-state index contributed by atoms with van der Waals surface area (Å²) in [6.07, 6.45) is 7.14. The Labute approximate surface area is 258 Å². The van der Waals surface area contributed by atoms with Crippen molar-refractivity contribution < 1.29 is 29.6 Å². The van der Waals surface area contributed by atoms with Gasteiger partial charge < -0.3 is 24.8 Å². The van der Waals surface area contributed by atoms with Crippen LogP contribution in [0.1, 0.15) is 93.4 Å². The molecule has 12 atom stereocenters. The van der Waals surface area contributed by atoms with Gasteiger partial charge in [0.1, 0.15) is 17.6 Å². The number of fused-ring (bicyclic) bond motifs is 7. The van der Waals surface area contributed by atoms with E-state index in [1.54, 1.807) is 19.2 Å². The number of aliphatic hydroxyl groups is 1. The maximum atomic E-state index is 13.1. The summed E-state index contributed by atoms with van der Waals surface area (Å²) in [4.78, 5) is 13.1. The highest BCUT2D eigenvalue weighted by molar-refractivity contribution is 5.76. The van der Waals surface area contributed by atoms with Gasteiger partial charge in [-0.1, -0.05) is 53.2 Å². The predicted octanol–water partition coefficient (Wildman–Crippen LogP) is 7.48. The number of benzene rings is 1. The van der Waals surface area contributed by atoms with Gasteiger partial charge in [-0.05, 0) is 122 Å². The van der Waals surface area contributed by atoms with Crippen molar-refractivity contribution in [2.24, 2.45) is 56.7 Å². The topological polar surface area (TPSA) is 96.2 Å². The van der Waals surface area contributed by atoms with Crippen molar-refractivity contribution in [2.75, 3.05) is 7.11 Å². The van der Waals surface area contributed by atoms with E-state index in [0.717, 1.165) is 37.9 Å². The SMILES string of the molecule is COC1C(O)C2C3C(C)C(C)=CCC3(C(=O)O)CCC2(C)C2(C)CCC3C(C)(C)C(Oc4ccc(O)cc4)CCC3(C)C12. The van der Waals surface area contributed by atoms with E-state index in [-0.39, 0.29) is 63.3 Å². The number of carboxylic acid groups (broad SMARTS) is 1. The average molecular weight is 595 g/mol. The van der Waals surface area contributed by atoms with Crippen LogP contribution in [0, 0.1) is 56.7 Å². The number of allylic oxidation sites excluding steroid dienone is 2. The van der Waals surface area contributed by atoms with E-state index in [1.807, 2.05) is 12.1 Å². The molecule has 0 aliphatic heterocycles. The van der Waals surface area contributed by atoms with E-state index >= 15 is 0 Å². The molecule has 0 heterocycles. The molecule has 4 fully saturated rings. The van der Waals surface area contributed by atoms with Crippen LogP contribution in [-0.2, 0) is 9.53 Å². The van der Waals surface area contributed by atoms with Gasteiger partial charge in [0.2, 0.25) is 0 Å². The summed E-state index contributed by atoms with van der Waals surface area (Å²) in [6, 6.07) is 7.05. The van der Waals surface area contributed by atoms with Crippen molar-refractivity contribution in [3.63, 3.8) is 0 Å². The molecule has 1 aromatic carbocycles. The molecule has 3 N–H and O–H groups in total. The Hall–Kier alpha value is -2.05. The van der Waals surface area contributed by atoms with Crippen LogP contribution in [0.5, 0.6) is 11.5 Å². The lowest BCUT2D eigenvalue weighted by Gasteiger charge is -2.75. The number of ether oxygens (including phenoxy) is 2. The predicted molar refractivity (Wildman–Crippen MR) is 167 cm³/mol. The molecule has 6 rings (SSSR count). The maximum Gasteiger partial charge on any atom is 0.310 e. The van der Waals surface area contributed by atoms with Crippen molar-refractivity contribution in [3.05, 3.63) is 35.9 Å². The molecule has 1 aromatic rings. The van der Waals surface area contributed by atoms with Crippen molar-refractivity contribution in [2.45, 2.75) is 112 Å². The highest BCUT2D eigenvalue weighted by Crippen LogP contribution is 2.77. The standard InChI is InChI=1S/C37H54O6/c1-21-13-18-37(32(40)41)20-19-35(6)28(27(37)22(21)2)29(39)30(42-8)31-34(5)16-15-26(43-24-11-9-23(38)10-12-24)33(3,4)25(34)14-17-36(31,35)7/h9-13,22,25-31,38-39H,14-20H2,1-8H3,(H,40,41). The summed E-state index contributed by atoms with van der Waals surface area (Å²) >= 11 is 0. The molecule has 43 heavy (non-hydrogen) atoms. The third-order valence-corrected chi connectivity index (χ3v) is 14.9. The lowest BCUT2D eigenvalue weighted by molar-refractivity contribution is -0.311. The molecule has 0 aromatic heterocycles. The summed E-state index contributed by atoms with van der Waals surface area (Å²) in [5.74, 6) is 0.655. The molecule has 0 spiro atoms. The maximum absolute atomic E-state index is 13.1. The van der Waals surface area contributed by atoms with Gasteiger partial charge in [-0.2, -0.15) is 0 Å². The molecule has 0 bridgehead atoms. The Morgan fingerprint density at radius 1 is 0.930 bits per heavy atom. The molecular formula is C37H54O6. The van der Waals surface area contributed by atoms with Gasteiger partial charge in [0, 0.05) is 12.5 Å². The fourth-order valence-corrected chi connectivity index (χ4v) is 12.4. The number of hydrogen-bond donors (Lipinski definition) is 3. The molecule has 0 saturated heterocycles. The first-order chi connectivity index (χ1) is 20.1. The van der Waals surface area contributed by atoms with Crippen LogP contribution in [0.4, 0.5) is 0 Å². The van der Waals surface area contributed by atoms with Gasteiger partial charge in [-0.15, -0.1) is 0 Å². The van der Waals surface area contributed by atoms with Gasteiger partial charge in [0.25, 0.3) is 0 Å². The van der Waals surface area contributed by atoms with Crippen molar-refractivity contribution >= 4 is 5.97 Å². The molecule has 5 aliphatic rings. The molecule has 6 heteroatoms. The summed E-state index contributed by atoms with van der Waals surface area (Å²) in [5, 5.41) is 33.1. The number of aliphatic hydroxyl groups excluding tert-OH is 1. The summed E-state index contributed by atoms with van der Waals surface area (Å²) in [7, 11) is 1.76. The zero-order valence-electron chi connectivity index (χ0n) is 27.5. The molecule has 0 amide bonds. The molecule has 5 aliphatic carbocycles. The lowest BCUT2D eigenvalue weighted by atomic mass is 9.30. The highest BCUT2D eigenvalue weighted by Gasteiger charge is 2.75. The van der Waals surface area contributed by atoms with Crippen molar-refractivity contribution in [3.8, 4) is 11.5 Å². The molecule has 238 valence electrons. The first-order valence-corrected chi connectivity index (χ1v) is 16.6. The first kappa shape index (κ1) is 31.0. The molecule has 6 nitrogen and oxygen atoms in total.